The van der Waals surface area contributed by atoms with E-state index in [1.54, 1.807) is 11.3 Å². The fourth-order valence-electron chi connectivity index (χ4n) is 2.15. The number of nitrogens with zero attached hydrogens (tertiary/aromatic N) is 5. The minimum Gasteiger partial charge on any atom is -0.410 e. The molecule has 0 saturated heterocycles. The second-order valence-electron chi connectivity index (χ2n) is 5.43. The van der Waals surface area contributed by atoms with E-state index in [1.807, 2.05) is 20.8 Å². The van der Waals surface area contributed by atoms with Gasteiger partial charge >= 0.3 is 0 Å². The van der Waals surface area contributed by atoms with Crippen molar-refractivity contribution in [3.05, 3.63) is 22.4 Å². The normalized spacial score (nSPS) is 12.7. The van der Waals surface area contributed by atoms with Crippen LogP contribution in [0.1, 0.15) is 54.4 Å². The molecule has 3 aromatic heterocycles. The van der Waals surface area contributed by atoms with Crippen molar-refractivity contribution in [2.24, 2.45) is 0 Å². The molecular formula is C15H19N5O2S2. The Morgan fingerprint density at radius 2 is 2.04 bits per heavy atom. The number of aryl methyl sites for hydroxylation is 3. The molecule has 128 valence electrons. The van der Waals surface area contributed by atoms with Crippen LogP contribution in [0.25, 0.3) is 10.8 Å². The molecule has 0 saturated carbocycles. The third kappa shape index (κ3) is 3.84. The van der Waals surface area contributed by atoms with Crippen LogP contribution in [0.15, 0.2) is 14.2 Å². The van der Waals surface area contributed by atoms with E-state index in [1.165, 1.54) is 11.8 Å². The molecule has 7 nitrogen and oxygen atoms in total. The molecular weight excluding hydrogens is 346 g/mol. The Hall–Kier alpha value is -1.74. The second kappa shape index (κ2) is 7.43. The lowest BCUT2D eigenvalue weighted by Gasteiger charge is -2.00. The first-order valence-electron chi connectivity index (χ1n) is 7.83. The van der Waals surface area contributed by atoms with Crippen LogP contribution in [0.4, 0.5) is 0 Å². The van der Waals surface area contributed by atoms with Gasteiger partial charge in [0.15, 0.2) is 5.82 Å². The lowest BCUT2D eigenvalue weighted by atomic mass is 10.2. The fraction of sp³-hybridized carbons (Fsp3) is 0.533. The van der Waals surface area contributed by atoms with Gasteiger partial charge in [0.1, 0.15) is 4.88 Å². The first kappa shape index (κ1) is 17.1. The highest BCUT2D eigenvalue weighted by Gasteiger charge is 2.20. The Morgan fingerprint density at radius 3 is 2.75 bits per heavy atom. The Kier molecular flexibility index (Phi) is 5.30. The maximum Gasteiger partial charge on any atom is 0.277 e. The molecule has 3 rings (SSSR count). The van der Waals surface area contributed by atoms with Gasteiger partial charge in [-0.05, 0) is 27.2 Å². The van der Waals surface area contributed by atoms with Gasteiger partial charge in [0.05, 0.1) is 16.0 Å². The molecule has 1 atom stereocenters. The van der Waals surface area contributed by atoms with Gasteiger partial charge in [0.25, 0.3) is 11.1 Å². The Morgan fingerprint density at radius 1 is 1.21 bits per heavy atom. The summed E-state index contributed by atoms with van der Waals surface area (Å²) in [6, 6.07) is 0. The minimum absolute atomic E-state index is 0.0505. The zero-order valence-corrected chi connectivity index (χ0v) is 15.7. The van der Waals surface area contributed by atoms with Gasteiger partial charge in [-0.1, -0.05) is 30.3 Å². The molecule has 24 heavy (non-hydrogen) atoms. The molecule has 1 unspecified atom stereocenters. The Balaban J connectivity index is 1.68. The average Bonchev–Trinajstić information content (AvgIpc) is 3.25. The minimum atomic E-state index is -0.0505. The number of hydrogen-bond donors (Lipinski definition) is 0. The topological polar surface area (TPSA) is 90.7 Å². The van der Waals surface area contributed by atoms with Gasteiger partial charge in [-0.15, -0.1) is 21.5 Å². The van der Waals surface area contributed by atoms with E-state index in [9.17, 15) is 0 Å². The monoisotopic (exact) mass is 365 g/mol. The van der Waals surface area contributed by atoms with E-state index in [-0.39, 0.29) is 5.25 Å². The molecule has 0 amide bonds. The zero-order chi connectivity index (χ0) is 17.1. The van der Waals surface area contributed by atoms with Crippen molar-refractivity contribution in [1.29, 1.82) is 0 Å². The molecule has 0 bridgehead atoms. The zero-order valence-electron chi connectivity index (χ0n) is 14.1. The predicted octanol–water partition coefficient (Wildman–Crippen LogP) is 4.39. The summed E-state index contributed by atoms with van der Waals surface area (Å²) >= 11 is 2.96. The summed E-state index contributed by atoms with van der Waals surface area (Å²) in [7, 11) is 0. The number of rotatable bonds is 7. The summed E-state index contributed by atoms with van der Waals surface area (Å²) in [4.78, 5) is 9.73. The van der Waals surface area contributed by atoms with Crippen molar-refractivity contribution in [3.63, 3.8) is 0 Å². The SMILES string of the molecule is CCCCc1noc(C(C)Sc2nnc(-c3sc(C)nc3C)o2)n1. The first-order chi connectivity index (χ1) is 11.6. The Bertz CT molecular complexity index is 811. The van der Waals surface area contributed by atoms with Gasteiger partial charge in [0, 0.05) is 6.42 Å². The molecule has 0 aliphatic heterocycles. The molecule has 3 aromatic rings. The molecule has 0 aliphatic rings. The molecule has 0 N–H and O–H groups in total. The van der Waals surface area contributed by atoms with E-state index in [0.29, 0.717) is 17.0 Å². The molecule has 0 aliphatic carbocycles. The van der Waals surface area contributed by atoms with E-state index in [0.717, 1.165) is 40.7 Å². The number of aromatic nitrogens is 5. The molecule has 0 spiro atoms. The maximum atomic E-state index is 5.75. The molecule has 0 aromatic carbocycles. The third-order valence-corrected chi connectivity index (χ3v) is 5.35. The lowest BCUT2D eigenvalue weighted by molar-refractivity contribution is 0.373. The molecule has 3 heterocycles. The fourth-order valence-corrected chi connectivity index (χ4v) is 3.70. The quantitative estimate of drug-likeness (QED) is 0.569. The van der Waals surface area contributed by atoms with Gasteiger partial charge < -0.3 is 8.94 Å². The second-order valence-corrected chi connectivity index (χ2v) is 7.93. The highest BCUT2D eigenvalue weighted by atomic mass is 32.2. The largest absolute Gasteiger partial charge is 0.410 e. The number of thioether (sulfide) groups is 1. The van der Waals surface area contributed by atoms with Crippen molar-refractivity contribution in [1.82, 2.24) is 25.3 Å². The molecule has 9 heteroatoms. The summed E-state index contributed by atoms with van der Waals surface area (Å²) in [5.41, 5.74) is 0.906. The van der Waals surface area contributed by atoms with Gasteiger partial charge in [-0.25, -0.2) is 4.98 Å². The molecule has 0 fully saturated rings. The van der Waals surface area contributed by atoms with Crippen molar-refractivity contribution in [2.45, 2.75) is 57.4 Å². The van der Waals surface area contributed by atoms with Crippen LogP contribution >= 0.6 is 23.1 Å². The van der Waals surface area contributed by atoms with Gasteiger partial charge in [-0.3, -0.25) is 0 Å². The van der Waals surface area contributed by atoms with Crippen LogP contribution in [-0.2, 0) is 6.42 Å². The van der Waals surface area contributed by atoms with E-state index in [2.05, 4.69) is 32.2 Å². The lowest BCUT2D eigenvalue weighted by Crippen LogP contribution is -1.91. The smallest absolute Gasteiger partial charge is 0.277 e. The first-order valence-corrected chi connectivity index (χ1v) is 9.53. The summed E-state index contributed by atoms with van der Waals surface area (Å²) in [5, 5.41) is 13.6. The van der Waals surface area contributed by atoms with Crippen LogP contribution in [0.3, 0.4) is 0 Å². The van der Waals surface area contributed by atoms with E-state index >= 15 is 0 Å². The number of thiazole rings is 1. The van der Waals surface area contributed by atoms with Crippen molar-refractivity contribution in [2.75, 3.05) is 0 Å². The predicted molar refractivity (Wildman–Crippen MR) is 92.1 cm³/mol. The van der Waals surface area contributed by atoms with Gasteiger partial charge in [-0.2, -0.15) is 4.98 Å². The number of hydrogen-bond acceptors (Lipinski definition) is 9. The standard InChI is InChI=1S/C15H19N5O2S2/c1-5-6-7-11-17-13(22-20-11)9(3)23-15-19-18-14(21-15)12-8(2)16-10(4)24-12/h9H,5-7H2,1-4H3. The summed E-state index contributed by atoms with van der Waals surface area (Å²) in [6.45, 7) is 8.02. The maximum absolute atomic E-state index is 5.75. The van der Waals surface area contributed by atoms with Crippen LogP contribution < -0.4 is 0 Å². The highest BCUT2D eigenvalue weighted by molar-refractivity contribution is 7.99. The van der Waals surface area contributed by atoms with Gasteiger partial charge in [0.2, 0.25) is 5.89 Å². The van der Waals surface area contributed by atoms with Crippen molar-refractivity contribution in [3.8, 4) is 10.8 Å². The van der Waals surface area contributed by atoms with Crippen LogP contribution in [0, 0.1) is 13.8 Å². The summed E-state index contributed by atoms with van der Waals surface area (Å²) < 4.78 is 11.1. The Labute approximate surface area is 148 Å². The highest BCUT2D eigenvalue weighted by Crippen LogP contribution is 2.36. The average molecular weight is 365 g/mol. The van der Waals surface area contributed by atoms with Crippen LogP contribution in [0.5, 0.6) is 0 Å². The van der Waals surface area contributed by atoms with Crippen molar-refractivity contribution >= 4 is 23.1 Å². The van der Waals surface area contributed by atoms with Crippen LogP contribution in [-0.4, -0.2) is 25.3 Å². The van der Waals surface area contributed by atoms with Crippen molar-refractivity contribution < 1.29 is 8.94 Å². The number of unbranched alkanes of at least 4 members (excludes halogenated alkanes) is 1. The van der Waals surface area contributed by atoms with Crippen LogP contribution in [0.2, 0.25) is 0 Å². The molecule has 0 radical (unpaired) electrons. The van der Waals surface area contributed by atoms with E-state index < -0.39 is 0 Å². The van der Waals surface area contributed by atoms with E-state index in [4.69, 9.17) is 8.94 Å². The summed E-state index contributed by atoms with van der Waals surface area (Å²) in [6.07, 6.45) is 3.00. The third-order valence-electron chi connectivity index (χ3n) is 3.37. The summed E-state index contributed by atoms with van der Waals surface area (Å²) in [5.74, 6) is 1.83.